The molecule has 110 valence electrons. The zero-order valence-corrected chi connectivity index (χ0v) is 12.4. The number of hydrogen-bond acceptors (Lipinski definition) is 2. The summed E-state index contributed by atoms with van der Waals surface area (Å²) in [5, 5.41) is 3.09. The van der Waals surface area contributed by atoms with E-state index in [2.05, 4.69) is 5.32 Å². The van der Waals surface area contributed by atoms with Crippen LogP contribution in [0.2, 0.25) is 0 Å². The number of nitrogens with one attached hydrogen (secondary N) is 1. The summed E-state index contributed by atoms with van der Waals surface area (Å²) < 4.78 is 26.8. The first kappa shape index (κ1) is 15.4. The third-order valence-corrected chi connectivity index (χ3v) is 3.35. The number of thiocarbonyl (C=S) groups is 1. The minimum Gasteiger partial charge on any atom is -0.389 e. The van der Waals surface area contributed by atoms with E-state index in [1.54, 1.807) is 24.3 Å². The Morgan fingerprint density at radius 3 is 2.43 bits per heavy atom. The van der Waals surface area contributed by atoms with Crippen LogP contribution in [-0.4, -0.2) is 11.0 Å². The summed E-state index contributed by atoms with van der Waals surface area (Å²) in [5.74, 6) is -0.662. The SMILES string of the molecule is CC(Cc1ccc(F)cc1)Nc1ccc(C(N)=S)cc1F. The summed E-state index contributed by atoms with van der Waals surface area (Å²) in [5.41, 5.74) is 7.34. The molecule has 1 unspecified atom stereocenters. The number of halogens is 2. The van der Waals surface area contributed by atoms with Crippen LogP contribution in [0.1, 0.15) is 18.1 Å². The highest BCUT2D eigenvalue weighted by molar-refractivity contribution is 7.80. The van der Waals surface area contributed by atoms with Crippen molar-refractivity contribution in [3.63, 3.8) is 0 Å². The van der Waals surface area contributed by atoms with Gasteiger partial charge in [0.2, 0.25) is 0 Å². The smallest absolute Gasteiger partial charge is 0.146 e. The molecule has 0 heterocycles. The molecule has 0 saturated heterocycles. The van der Waals surface area contributed by atoms with Gasteiger partial charge in [0.1, 0.15) is 16.6 Å². The second-order valence-corrected chi connectivity index (χ2v) is 5.37. The van der Waals surface area contributed by atoms with Crippen LogP contribution in [0.4, 0.5) is 14.5 Å². The molecule has 0 aliphatic heterocycles. The monoisotopic (exact) mass is 306 g/mol. The van der Waals surface area contributed by atoms with Crippen LogP contribution in [-0.2, 0) is 6.42 Å². The molecule has 5 heteroatoms. The summed E-state index contributed by atoms with van der Waals surface area (Å²) in [7, 11) is 0. The van der Waals surface area contributed by atoms with Crippen molar-refractivity contribution in [3.8, 4) is 0 Å². The molecular weight excluding hydrogens is 290 g/mol. The number of rotatable bonds is 5. The average molecular weight is 306 g/mol. The van der Waals surface area contributed by atoms with Gasteiger partial charge in [-0.25, -0.2) is 8.78 Å². The molecule has 0 spiro atoms. The molecule has 0 bridgehead atoms. The van der Waals surface area contributed by atoms with Crippen molar-refractivity contribution < 1.29 is 8.78 Å². The highest BCUT2D eigenvalue weighted by Crippen LogP contribution is 2.18. The maximum atomic E-state index is 13.9. The molecule has 1 atom stereocenters. The van der Waals surface area contributed by atoms with Gasteiger partial charge in [-0.05, 0) is 49.2 Å². The van der Waals surface area contributed by atoms with Crippen LogP contribution in [0.5, 0.6) is 0 Å². The Balaban J connectivity index is 2.04. The minimum atomic E-state index is -0.397. The van der Waals surface area contributed by atoms with Crippen molar-refractivity contribution >= 4 is 22.9 Å². The maximum Gasteiger partial charge on any atom is 0.146 e. The first-order valence-electron chi connectivity index (χ1n) is 6.56. The summed E-state index contributed by atoms with van der Waals surface area (Å²) in [6.45, 7) is 1.93. The Morgan fingerprint density at radius 1 is 1.19 bits per heavy atom. The third-order valence-electron chi connectivity index (χ3n) is 3.11. The van der Waals surface area contributed by atoms with Gasteiger partial charge >= 0.3 is 0 Å². The largest absolute Gasteiger partial charge is 0.389 e. The van der Waals surface area contributed by atoms with Crippen molar-refractivity contribution in [3.05, 3.63) is 65.2 Å². The molecule has 0 radical (unpaired) electrons. The molecule has 0 fully saturated rings. The number of anilines is 1. The molecular formula is C16H16F2N2S. The van der Waals surface area contributed by atoms with Crippen molar-refractivity contribution in [2.45, 2.75) is 19.4 Å². The lowest BCUT2D eigenvalue weighted by molar-refractivity contribution is 0.623. The Bertz CT molecular complexity index is 641. The fraction of sp³-hybridized carbons (Fsp3) is 0.188. The van der Waals surface area contributed by atoms with Gasteiger partial charge in [-0.1, -0.05) is 24.4 Å². The van der Waals surface area contributed by atoms with E-state index in [1.807, 2.05) is 6.92 Å². The van der Waals surface area contributed by atoms with Crippen LogP contribution >= 0.6 is 12.2 Å². The fourth-order valence-corrected chi connectivity index (χ4v) is 2.20. The second kappa shape index (κ2) is 6.63. The van der Waals surface area contributed by atoms with Gasteiger partial charge in [0.05, 0.1) is 5.69 Å². The number of benzene rings is 2. The lowest BCUT2D eigenvalue weighted by Gasteiger charge is -2.16. The first-order valence-corrected chi connectivity index (χ1v) is 6.97. The molecule has 0 amide bonds. The van der Waals surface area contributed by atoms with E-state index in [4.69, 9.17) is 18.0 Å². The summed E-state index contributed by atoms with van der Waals surface area (Å²) in [6.07, 6.45) is 0.663. The first-order chi connectivity index (χ1) is 9.95. The van der Waals surface area contributed by atoms with Crippen LogP contribution in [0.3, 0.4) is 0 Å². The quantitative estimate of drug-likeness (QED) is 0.828. The summed E-state index contributed by atoms with van der Waals surface area (Å²) in [6, 6.07) is 10.9. The normalized spacial score (nSPS) is 12.0. The predicted molar refractivity (Wildman–Crippen MR) is 85.5 cm³/mol. The van der Waals surface area contributed by atoms with Crippen molar-refractivity contribution in [1.82, 2.24) is 0 Å². The zero-order chi connectivity index (χ0) is 15.4. The topological polar surface area (TPSA) is 38.0 Å². The molecule has 0 saturated carbocycles. The zero-order valence-electron chi connectivity index (χ0n) is 11.6. The van der Waals surface area contributed by atoms with E-state index in [-0.39, 0.29) is 16.8 Å². The molecule has 3 N–H and O–H groups in total. The molecule has 0 aromatic heterocycles. The van der Waals surface area contributed by atoms with Crippen LogP contribution in [0.25, 0.3) is 0 Å². The van der Waals surface area contributed by atoms with Gasteiger partial charge in [-0.15, -0.1) is 0 Å². The van der Waals surface area contributed by atoms with E-state index in [0.29, 0.717) is 17.7 Å². The maximum absolute atomic E-state index is 13.9. The highest BCUT2D eigenvalue weighted by atomic mass is 32.1. The number of nitrogens with two attached hydrogens (primary N) is 1. The van der Waals surface area contributed by atoms with Gasteiger partial charge < -0.3 is 11.1 Å². The molecule has 2 aromatic rings. The standard InChI is InChI=1S/C16H16F2N2S/c1-10(8-11-2-5-13(17)6-3-11)20-15-7-4-12(16(19)21)9-14(15)18/h2-7,9-10,20H,8H2,1H3,(H2,19,21). The molecule has 0 aliphatic rings. The van der Waals surface area contributed by atoms with Gasteiger partial charge in [0.15, 0.2) is 0 Å². The molecule has 2 rings (SSSR count). The van der Waals surface area contributed by atoms with Crippen molar-refractivity contribution in [1.29, 1.82) is 0 Å². The average Bonchev–Trinajstić information content (AvgIpc) is 2.43. The van der Waals surface area contributed by atoms with Gasteiger partial charge in [-0.3, -0.25) is 0 Å². The Hall–Kier alpha value is -2.01. The highest BCUT2D eigenvalue weighted by Gasteiger charge is 2.09. The van der Waals surface area contributed by atoms with E-state index in [9.17, 15) is 8.78 Å². The summed E-state index contributed by atoms with van der Waals surface area (Å²) in [4.78, 5) is 0.166. The molecule has 0 aliphatic carbocycles. The molecule has 2 aromatic carbocycles. The van der Waals surface area contributed by atoms with Gasteiger partial charge in [0, 0.05) is 11.6 Å². The molecule has 2 nitrogen and oxygen atoms in total. The predicted octanol–water partition coefficient (Wildman–Crippen LogP) is 3.64. The fourth-order valence-electron chi connectivity index (χ4n) is 2.08. The minimum absolute atomic E-state index is 0.000592. The van der Waals surface area contributed by atoms with Crippen LogP contribution in [0.15, 0.2) is 42.5 Å². The van der Waals surface area contributed by atoms with Gasteiger partial charge in [-0.2, -0.15) is 0 Å². The van der Waals surface area contributed by atoms with Crippen LogP contribution < -0.4 is 11.1 Å². The van der Waals surface area contributed by atoms with E-state index < -0.39 is 5.82 Å². The van der Waals surface area contributed by atoms with Crippen LogP contribution in [0, 0.1) is 11.6 Å². The van der Waals surface area contributed by atoms with Crippen molar-refractivity contribution in [2.24, 2.45) is 5.73 Å². The Labute approximate surface area is 128 Å². The number of hydrogen-bond donors (Lipinski definition) is 2. The Kier molecular flexibility index (Phi) is 4.85. The lowest BCUT2D eigenvalue weighted by atomic mass is 10.1. The summed E-state index contributed by atoms with van der Waals surface area (Å²) >= 11 is 4.81. The van der Waals surface area contributed by atoms with Crippen molar-refractivity contribution in [2.75, 3.05) is 5.32 Å². The lowest BCUT2D eigenvalue weighted by Crippen LogP contribution is -2.19. The van der Waals surface area contributed by atoms with E-state index in [1.165, 1.54) is 18.2 Å². The second-order valence-electron chi connectivity index (χ2n) is 4.93. The molecule has 21 heavy (non-hydrogen) atoms. The van der Waals surface area contributed by atoms with Gasteiger partial charge in [0.25, 0.3) is 0 Å². The van der Waals surface area contributed by atoms with E-state index >= 15 is 0 Å². The Morgan fingerprint density at radius 2 is 1.86 bits per heavy atom. The van der Waals surface area contributed by atoms with E-state index in [0.717, 1.165) is 5.56 Å². The third kappa shape index (κ3) is 4.23.